The van der Waals surface area contributed by atoms with Gasteiger partial charge in [0.2, 0.25) is 0 Å². The van der Waals surface area contributed by atoms with Crippen molar-refractivity contribution in [1.29, 1.82) is 0 Å². The summed E-state index contributed by atoms with van der Waals surface area (Å²) >= 11 is 0. The van der Waals surface area contributed by atoms with Crippen LogP contribution in [0.25, 0.3) is 0 Å². The van der Waals surface area contributed by atoms with E-state index in [9.17, 15) is 5.11 Å². The van der Waals surface area contributed by atoms with E-state index in [2.05, 4.69) is 35.3 Å². The fraction of sp³-hybridized carbons (Fsp3) is 0.353. The zero-order valence-corrected chi connectivity index (χ0v) is 11.2. The molecule has 1 N–H and O–H groups in total. The number of benzene rings is 1. The van der Waals surface area contributed by atoms with E-state index in [0.717, 1.165) is 32.1 Å². The van der Waals surface area contributed by atoms with Crippen LogP contribution in [0.15, 0.2) is 54.9 Å². The molecule has 0 spiro atoms. The van der Waals surface area contributed by atoms with Crippen molar-refractivity contribution in [2.24, 2.45) is 0 Å². The summed E-state index contributed by atoms with van der Waals surface area (Å²) < 4.78 is 0. The molecule has 1 unspecified atom stereocenters. The Morgan fingerprint density at radius 1 is 0.895 bits per heavy atom. The number of hydrogen-bond donors (Lipinski definition) is 1. The zero-order chi connectivity index (χ0) is 13.3. The molecule has 0 fully saturated rings. The minimum atomic E-state index is -0.205. The number of aliphatic hydroxyl groups excluding tert-OH is 1. The summed E-state index contributed by atoms with van der Waals surface area (Å²) in [4.78, 5) is 4.08. The third-order valence-electron chi connectivity index (χ3n) is 3.33. The molecule has 2 nitrogen and oxygen atoms in total. The van der Waals surface area contributed by atoms with Crippen molar-refractivity contribution >= 4 is 0 Å². The molecule has 2 rings (SSSR count). The van der Waals surface area contributed by atoms with Gasteiger partial charge in [0.1, 0.15) is 0 Å². The molecule has 0 amide bonds. The quantitative estimate of drug-likeness (QED) is 0.822. The Labute approximate surface area is 115 Å². The number of rotatable bonds is 7. The van der Waals surface area contributed by atoms with Gasteiger partial charge < -0.3 is 5.11 Å². The van der Waals surface area contributed by atoms with Crippen LogP contribution in [-0.4, -0.2) is 16.2 Å². The van der Waals surface area contributed by atoms with Gasteiger partial charge in [-0.15, -0.1) is 0 Å². The van der Waals surface area contributed by atoms with Crippen LogP contribution in [-0.2, 0) is 12.8 Å². The van der Waals surface area contributed by atoms with Crippen molar-refractivity contribution in [2.75, 3.05) is 0 Å². The lowest BCUT2D eigenvalue weighted by Gasteiger charge is -2.10. The second-order valence-electron chi connectivity index (χ2n) is 4.93. The molecule has 0 aliphatic heterocycles. The van der Waals surface area contributed by atoms with E-state index < -0.39 is 0 Å². The molecule has 100 valence electrons. The lowest BCUT2D eigenvalue weighted by molar-refractivity contribution is 0.152. The lowest BCUT2D eigenvalue weighted by Crippen LogP contribution is -2.08. The highest BCUT2D eigenvalue weighted by Gasteiger charge is 2.04. The average Bonchev–Trinajstić information content (AvgIpc) is 2.47. The second kappa shape index (κ2) is 7.70. The summed E-state index contributed by atoms with van der Waals surface area (Å²) in [5.74, 6) is 0. The molecule has 0 saturated heterocycles. The Morgan fingerprint density at radius 2 is 1.68 bits per heavy atom. The van der Waals surface area contributed by atoms with Gasteiger partial charge in [0, 0.05) is 12.4 Å². The molecule has 1 aromatic carbocycles. The van der Waals surface area contributed by atoms with E-state index in [1.54, 1.807) is 6.20 Å². The molecule has 0 aliphatic rings. The van der Waals surface area contributed by atoms with Crippen molar-refractivity contribution in [3.05, 3.63) is 66.0 Å². The molecular weight excluding hydrogens is 234 g/mol. The molecule has 2 aromatic rings. The van der Waals surface area contributed by atoms with Gasteiger partial charge in [-0.05, 0) is 49.3 Å². The van der Waals surface area contributed by atoms with Crippen LogP contribution < -0.4 is 0 Å². The monoisotopic (exact) mass is 255 g/mol. The van der Waals surface area contributed by atoms with Crippen molar-refractivity contribution in [3.8, 4) is 0 Å². The van der Waals surface area contributed by atoms with E-state index in [0.29, 0.717) is 0 Å². The average molecular weight is 255 g/mol. The van der Waals surface area contributed by atoms with Crippen molar-refractivity contribution in [1.82, 2.24) is 4.98 Å². The molecule has 19 heavy (non-hydrogen) atoms. The third kappa shape index (κ3) is 5.23. The maximum absolute atomic E-state index is 9.97. The molecule has 0 radical (unpaired) electrons. The Morgan fingerprint density at radius 3 is 2.42 bits per heavy atom. The predicted octanol–water partition coefficient (Wildman–Crippen LogP) is 3.40. The Bertz CT molecular complexity index is 455. The second-order valence-corrected chi connectivity index (χ2v) is 4.93. The van der Waals surface area contributed by atoms with Gasteiger partial charge in [-0.25, -0.2) is 0 Å². The van der Waals surface area contributed by atoms with Crippen LogP contribution in [0.3, 0.4) is 0 Å². The summed E-state index contributed by atoms with van der Waals surface area (Å²) in [5, 5.41) is 9.97. The first-order valence-corrected chi connectivity index (χ1v) is 6.95. The summed E-state index contributed by atoms with van der Waals surface area (Å²) in [5.41, 5.74) is 2.55. The zero-order valence-electron chi connectivity index (χ0n) is 11.2. The molecule has 1 heterocycles. The SMILES string of the molecule is OC(CCCc1ccccc1)CCc1cccnc1. The van der Waals surface area contributed by atoms with E-state index in [1.807, 2.05) is 18.3 Å². The minimum absolute atomic E-state index is 0.205. The van der Waals surface area contributed by atoms with E-state index in [-0.39, 0.29) is 6.10 Å². The fourth-order valence-corrected chi connectivity index (χ4v) is 2.21. The number of pyridine rings is 1. The molecule has 1 atom stereocenters. The van der Waals surface area contributed by atoms with Crippen LogP contribution in [0, 0.1) is 0 Å². The Balaban J connectivity index is 1.64. The van der Waals surface area contributed by atoms with Gasteiger partial charge in [-0.1, -0.05) is 36.4 Å². The number of aryl methyl sites for hydroxylation is 2. The number of hydrogen-bond acceptors (Lipinski definition) is 2. The first kappa shape index (κ1) is 13.8. The van der Waals surface area contributed by atoms with E-state index in [1.165, 1.54) is 11.1 Å². The van der Waals surface area contributed by atoms with Gasteiger partial charge in [0.25, 0.3) is 0 Å². The third-order valence-corrected chi connectivity index (χ3v) is 3.33. The van der Waals surface area contributed by atoms with Gasteiger partial charge in [0.15, 0.2) is 0 Å². The van der Waals surface area contributed by atoms with Gasteiger partial charge in [-0.2, -0.15) is 0 Å². The number of nitrogens with zero attached hydrogens (tertiary/aromatic N) is 1. The summed E-state index contributed by atoms with van der Waals surface area (Å²) in [6.45, 7) is 0. The predicted molar refractivity (Wildman–Crippen MR) is 77.9 cm³/mol. The Hall–Kier alpha value is -1.67. The van der Waals surface area contributed by atoms with E-state index in [4.69, 9.17) is 0 Å². The number of aliphatic hydroxyl groups is 1. The molecule has 0 saturated carbocycles. The van der Waals surface area contributed by atoms with Crippen LogP contribution in [0.5, 0.6) is 0 Å². The van der Waals surface area contributed by atoms with Gasteiger partial charge in [-0.3, -0.25) is 4.98 Å². The molecule has 1 aromatic heterocycles. The van der Waals surface area contributed by atoms with Crippen LogP contribution >= 0.6 is 0 Å². The van der Waals surface area contributed by atoms with E-state index >= 15 is 0 Å². The fourth-order valence-electron chi connectivity index (χ4n) is 2.21. The largest absolute Gasteiger partial charge is 0.393 e. The maximum atomic E-state index is 9.97. The van der Waals surface area contributed by atoms with Crippen LogP contribution in [0.1, 0.15) is 30.4 Å². The highest BCUT2D eigenvalue weighted by atomic mass is 16.3. The minimum Gasteiger partial charge on any atom is -0.393 e. The highest BCUT2D eigenvalue weighted by Crippen LogP contribution is 2.10. The van der Waals surface area contributed by atoms with Crippen LogP contribution in [0.4, 0.5) is 0 Å². The van der Waals surface area contributed by atoms with Crippen molar-refractivity contribution in [3.63, 3.8) is 0 Å². The normalized spacial score (nSPS) is 12.3. The summed E-state index contributed by atoms with van der Waals surface area (Å²) in [6, 6.07) is 14.4. The molecular formula is C17H21NO. The van der Waals surface area contributed by atoms with Gasteiger partial charge >= 0.3 is 0 Å². The van der Waals surface area contributed by atoms with Crippen LogP contribution in [0.2, 0.25) is 0 Å². The Kier molecular flexibility index (Phi) is 5.57. The topological polar surface area (TPSA) is 33.1 Å². The maximum Gasteiger partial charge on any atom is 0.0543 e. The lowest BCUT2D eigenvalue weighted by atomic mass is 10.0. The standard InChI is InChI=1S/C17H21NO/c19-17(12-11-16-9-5-13-18-14-16)10-4-8-15-6-2-1-3-7-15/h1-3,5-7,9,13-14,17,19H,4,8,10-12H2. The van der Waals surface area contributed by atoms with Crippen molar-refractivity contribution < 1.29 is 5.11 Å². The molecule has 0 bridgehead atoms. The summed E-state index contributed by atoms with van der Waals surface area (Å²) in [7, 11) is 0. The molecule has 0 aliphatic carbocycles. The molecule has 2 heteroatoms. The highest BCUT2D eigenvalue weighted by molar-refractivity contribution is 5.14. The summed E-state index contributed by atoms with van der Waals surface area (Å²) in [6.07, 6.45) is 8.12. The van der Waals surface area contributed by atoms with Crippen molar-refractivity contribution in [2.45, 2.75) is 38.2 Å². The van der Waals surface area contributed by atoms with Gasteiger partial charge in [0.05, 0.1) is 6.10 Å². The number of aromatic nitrogens is 1. The first-order chi connectivity index (χ1) is 9.34. The smallest absolute Gasteiger partial charge is 0.0543 e. The first-order valence-electron chi connectivity index (χ1n) is 6.95.